The molecule has 1 N–H and O–H groups in total. The summed E-state index contributed by atoms with van der Waals surface area (Å²) in [7, 11) is -3.53. The van der Waals surface area contributed by atoms with Gasteiger partial charge in [0.2, 0.25) is 14.4 Å². The van der Waals surface area contributed by atoms with Gasteiger partial charge in [-0.1, -0.05) is 53.5 Å². The van der Waals surface area contributed by atoms with Crippen LogP contribution in [0.3, 0.4) is 0 Å². The highest BCUT2D eigenvalue weighted by Gasteiger charge is 2.38. The van der Waals surface area contributed by atoms with Crippen molar-refractivity contribution in [3.05, 3.63) is 35.9 Å². The van der Waals surface area contributed by atoms with Crippen LogP contribution in [0.1, 0.15) is 11.6 Å². The Bertz CT molecular complexity index is 523. The van der Waals surface area contributed by atoms with Gasteiger partial charge in [0.25, 0.3) is 0 Å². The van der Waals surface area contributed by atoms with Crippen LogP contribution in [0.25, 0.3) is 0 Å². The first-order valence-electron chi connectivity index (χ1n) is 4.57. The molecule has 0 fully saturated rings. The lowest BCUT2D eigenvalue weighted by Gasteiger charge is -2.24. The quantitative estimate of drug-likeness (QED) is 0.863. The summed E-state index contributed by atoms with van der Waals surface area (Å²) < 4.78 is 22.9. The van der Waals surface area contributed by atoms with E-state index in [4.69, 9.17) is 28.5 Å². The number of sulfonamides is 1. The molecule has 0 heterocycles. The second-order valence-electron chi connectivity index (χ2n) is 3.47. The Hall–Kier alpha value is -0.800. The van der Waals surface area contributed by atoms with Crippen LogP contribution >= 0.6 is 23.2 Å². The van der Waals surface area contributed by atoms with Gasteiger partial charge in [0.15, 0.2) is 0 Å². The largest absolute Gasteiger partial charge is 0.223 e. The molecule has 17 heavy (non-hydrogen) atoms. The van der Waals surface area contributed by atoms with Gasteiger partial charge in [-0.25, -0.2) is 13.1 Å². The number of nitrogens with one attached hydrogen (secondary N) is 1. The van der Waals surface area contributed by atoms with E-state index in [0.29, 0.717) is 5.56 Å². The van der Waals surface area contributed by atoms with Gasteiger partial charge in [0.1, 0.15) is 6.07 Å². The van der Waals surface area contributed by atoms with Crippen molar-refractivity contribution in [1.29, 1.82) is 5.26 Å². The number of rotatable bonds is 4. The van der Waals surface area contributed by atoms with Crippen molar-refractivity contribution >= 4 is 33.2 Å². The molecule has 7 heteroatoms. The van der Waals surface area contributed by atoms with Crippen molar-refractivity contribution in [2.75, 3.05) is 6.26 Å². The zero-order valence-corrected chi connectivity index (χ0v) is 11.2. The van der Waals surface area contributed by atoms with Gasteiger partial charge in [-0.3, -0.25) is 0 Å². The summed E-state index contributed by atoms with van der Waals surface area (Å²) in [5, 5.41) is 8.87. The maximum Gasteiger partial charge on any atom is 0.223 e. The van der Waals surface area contributed by atoms with Crippen LogP contribution in [0.15, 0.2) is 30.3 Å². The molecule has 0 saturated carbocycles. The molecule has 92 valence electrons. The van der Waals surface area contributed by atoms with Gasteiger partial charge < -0.3 is 0 Å². The molecule has 4 nitrogen and oxygen atoms in total. The highest BCUT2D eigenvalue weighted by molar-refractivity contribution is 7.88. The molecule has 0 radical (unpaired) electrons. The minimum atomic E-state index is -3.53. The molecular formula is C10H10Cl2N2O2S. The first kappa shape index (κ1) is 14.3. The monoisotopic (exact) mass is 292 g/mol. The van der Waals surface area contributed by atoms with E-state index in [0.717, 1.165) is 6.26 Å². The Morgan fingerprint density at radius 2 is 1.88 bits per heavy atom. The number of hydrogen-bond acceptors (Lipinski definition) is 3. The second-order valence-corrected chi connectivity index (χ2v) is 6.63. The molecule has 1 aromatic rings. The van der Waals surface area contributed by atoms with Crippen LogP contribution in [0.4, 0.5) is 0 Å². The van der Waals surface area contributed by atoms with Crippen LogP contribution in [-0.2, 0) is 10.0 Å². The number of hydrogen-bond donors (Lipinski definition) is 1. The molecule has 1 unspecified atom stereocenters. The summed E-state index contributed by atoms with van der Waals surface area (Å²) >= 11 is 11.6. The fourth-order valence-electron chi connectivity index (χ4n) is 1.28. The van der Waals surface area contributed by atoms with Crippen LogP contribution < -0.4 is 4.72 Å². The van der Waals surface area contributed by atoms with Gasteiger partial charge in [0, 0.05) is 0 Å². The predicted octanol–water partition coefficient (Wildman–Crippen LogP) is 1.97. The lowest BCUT2D eigenvalue weighted by Crippen LogP contribution is -2.37. The van der Waals surface area contributed by atoms with Crippen molar-refractivity contribution in [2.45, 2.75) is 10.4 Å². The van der Waals surface area contributed by atoms with E-state index < -0.39 is 20.4 Å². The number of benzene rings is 1. The van der Waals surface area contributed by atoms with Crippen LogP contribution in [0.2, 0.25) is 0 Å². The third-order valence-corrected chi connectivity index (χ3v) is 3.25. The summed E-state index contributed by atoms with van der Waals surface area (Å²) in [5.74, 6) is 0. The Balaban J connectivity index is 3.18. The number of nitriles is 1. The van der Waals surface area contributed by atoms with Crippen molar-refractivity contribution in [1.82, 2.24) is 4.72 Å². The van der Waals surface area contributed by atoms with E-state index in [1.165, 1.54) is 0 Å². The lowest BCUT2D eigenvalue weighted by molar-refractivity contribution is 0.558. The number of nitrogens with zero attached hydrogens (tertiary/aromatic N) is 1. The zero-order chi connectivity index (χ0) is 13.1. The molecule has 0 bridgehead atoms. The Kier molecular flexibility index (Phi) is 4.39. The first-order chi connectivity index (χ1) is 7.76. The summed E-state index contributed by atoms with van der Waals surface area (Å²) in [6.45, 7) is 0. The lowest BCUT2D eigenvalue weighted by atomic mass is 10.1. The molecule has 1 rings (SSSR count). The molecule has 1 aromatic carbocycles. The number of alkyl halides is 2. The normalized spacial score (nSPS) is 14.0. The van der Waals surface area contributed by atoms with Crippen LogP contribution in [0.5, 0.6) is 0 Å². The van der Waals surface area contributed by atoms with E-state index in [-0.39, 0.29) is 0 Å². The van der Waals surface area contributed by atoms with Gasteiger partial charge in [0.05, 0.1) is 12.3 Å². The molecule has 1 atom stereocenters. The van der Waals surface area contributed by atoms with Crippen LogP contribution in [-0.4, -0.2) is 19.0 Å². The molecule has 0 aliphatic heterocycles. The molecule has 0 aliphatic carbocycles. The third-order valence-electron chi connectivity index (χ3n) is 1.98. The molecule has 0 aliphatic rings. The average Bonchev–Trinajstić information content (AvgIpc) is 2.26. The van der Waals surface area contributed by atoms with Gasteiger partial charge in [-0.05, 0) is 5.56 Å². The zero-order valence-electron chi connectivity index (χ0n) is 8.89. The summed E-state index contributed by atoms with van der Waals surface area (Å²) in [6.07, 6.45) is 0.976. The fourth-order valence-corrected chi connectivity index (χ4v) is 2.51. The standard InChI is InChI=1S/C10H10Cl2N2O2S/c1-17(15,16)14-9(10(11,12)7-13)8-5-3-2-4-6-8/h2-6,9,14H,1H3. The van der Waals surface area contributed by atoms with Gasteiger partial charge >= 0.3 is 0 Å². The third kappa shape index (κ3) is 4.17. The average molecular weight is 293 g/mol. The van der Waals surface area contributed by atoms with E-state index in [1.807, 2.05) is 0 Å². The molecular weight excluding hydrogens is 283 g/mol. The van der Waals surface area contributed by atoms with E-state index in [9.17, 15) is 8.42 Å². The van der Waals surface area contributed by atoms with Gasteiger partial charge in [-0.15, -0.1) is 0 Å². The minimum absolute atomic E-state index is 0.518. The molecule has 0 aromatic heterocycles. The topological polar surface area (TPSA) is 70.0 Å². The Morgan fingerprint density at radius 3 is 2.29 bits per heavy atom. The fraction of sp³-hybridized carbons (Fsp3) is 0.300. The SMILES string of the molecule is CS(=O)(=O)NC(c1ccccc1)C(Cl)(Cl)C#N. The van der Waals surface area contributed by atoms with Crippen molar-refractivity contribution < 1.29 is 8.42 Å². The maximum absolute atomic E-state index is 11.2. The highest BCUT2D eigenvalue weighted by Crippen LogP contribution is 2.35. The maximum atomic E-state index is 11.2. The smallest absolute Gasteiger partial charge is 0.213 e. The molecule has 0 spiro atoms. The summed E-state index contributed by atoms with van der Waals surface area (Å²) in [5.41, 5.74) is 0.518. The van der Waals surface area contributed by atoms with Crippen molar-refractivity contribution in [2.24, 2.45) is 0 Å². The van der Waals surface area contributed by atoms with E-state index in [2.05, 4.69) is 4.72 Å². The van der Waals surface area contributed by atoms with E-state index >= 15 is 0 Å². The summed E-state index contributed by atoms with van der Waals surface area (Å²) in [4.78, 5) is 0. The second kappa shape index (κ2) is 5.23. The van der Waals surface area contributed by atoms with Crippen LogP contribution in [0, 0.1) is 11.3 Å². The summed E-state index contributed by atoms with van der Waals surface area (Å²) in [6, 6.07) is 9.09. The highest BCUT2D eigenvalue weighted by atomic mass is 35.5. The number of halogens is 2. The Labute approximate surface area is 110 Å². The molecule has 0 amide bonds. The van der Waals surface area contributed by atoms with Crippen molar-refractivity contribution in [3.8, 4) is 6.07 Å². The van der Waals surface area contributed by atoms with E-state index in [1.54, 1.807) is 36.4 Å². The first-order valence-corrected chi connectivity index (χ1v) is 7.22. The van der Waals surface area contributed by atoms with Gasteiger partial charge in [-0.2, -0.15) is 5.26 Å². The Morgan fingerprint density at radius 1 is 1.35 bits per heavy atom. The predicted molar refractivity (Wildman–Crippen MR) is 67.2 cm³/mol. The molecule has 0 saturated heterocycles. The van der Waals surface area contributed by atoms with Crippen molar-refractivity contribution in [3.63, 3.8) is 0 Å². The minimum Gasteiger partial charge on any atom is -0.213 e.